The fourth-order valence-electron chi connectivity index (χ4n) is 1.26. The number of nitrogens with zero attached hydrogens (tertiary/aromatic N) is 1. The molecular formula is C14H14F2N2OSi. The van der Waals surface area contributed by atoms with Gasteiger partial charge in [-0.3, -0.25) is 4.79 Å². The first kappa shape index (κ1) is 15.9. The molecule has 6 heteroatoms. The highest BCUT2D eigenvalue weighted by Gasteiger charge is 2.15. The Balaban J connectivity index is 3.07. The molecular weight excluding hydrogens is 278 g/mol. The Morgan fingerprint density at radius 1 is 1.30 bits per heavy atom. The zero-order chi connectivity index (χ0) is 15.3. The molecule has 1 amide bonds. The maximum absolute atomic E-state index is 13.8. The van der Waals surface area contributed by atoms with Crippen LogP contribution in [-0.4, -0.2) is 14.0 Å². The van der Waals surface area contributed by atoms with E-state index >= 15 is 0 Å². The lowest BCUT2D eigenvalue weighted by Crippen LogP contribution is -2.16. The van der Waals surface area contributed by atoms with Crippen LogP contribution in [0.15, 0.2) is 12.1 Å². The molecule has 0 bridgehead atoms. The molecule has 0 aromatic heterocycles. The third-order valence-electron chi connectivity index (χ3n) is 2.17. The minimum Gasteiger partial charge on any atom is -0.323 e. The molecule has 0 fully saturated rings. The van der Waals surface area contributed by atoms with Gasteiger partial charge in [0.25, 0.3) is 0 Å². The molecule has 1 aromatic carbocycles. The third kappa shape index (κ3) is 4.49. The fourth-order valence-corrected chi connectivity index (χ4v) is 1.77. The number of hydrogen-bond acceptors (Lipinski definition) is 2. The van der Waals surface area contributed by atoms with E-state index < -0.39 is 32.0 Å². The highest BCUT2D eigenvalue weighted by atomic mass is 28.3. The van der Waals surface area contributed by atoms with E-state index in [0.717, 1.165) is 0 Å². The van der Waals surface area contributed by atoms with E-state index in [9.17, 15) is 13.6 Å². The van der Waals surface area contributed by atoms with Crippen LogP contribution < -0.4 is 5.32 Å². The number of nitrogens with one attached hydrogen (secondary N) is 1. The van der Waals surface area contributed by atoms with Gasteiger partial charge in [0.05, 0.1) is 17.3 Å². The van der Waals surface area contributed by atoms with Gasteiger partial charge in [0.1, 0.15) is 14.5 Å². The molecule has 0 saturated heterocycles. The van der Waals surface area contributed by atoms with E-state index in [4.69, 9.17) is 5.26 Å². The summed E-state index contributed by atoms with van der Waals surface area (Å²) in [6, 6.07) is 4.18. The zero-order valence-corrected chi connectivity index (χ0v) is 12.5. The Kier molecular flexibility index (Phi) is 5.01. The Bertz CT molecular complexity index is 634. The maximum atomic E-state index is 13.8. The molecule has 0 atom stereocenters. The van der Waals surface area contributed by atoms with Crippen LogP contribution in [0.3, 0.4) is 0 Å². The van der Waals surface area contributed by atoms with Crippen LogP contribution in [-0.2, 0) is 4.79 Å². The number of amides is 1. The lowest BCUT2D eigenvalue weighted by Gasteiger charge is -2.07. The number of carbonyl (C=O) groups is 1. The van der Waals surface area contributed by atoms with Gasteiger partial charge in [-0.05, 0) is 12.1 Å². The second kappa shape index (κ2) is 6.31. The van der Waals surface area contributed by atoms with Gasteiger partial charge in [-0.25, -0.2) is 8.78 Å². The summed E-state index contributed by atoms with van der Waals surface area (Å²) >= 11 is 0. The molecule has 1 aromatic rings. The summed E-state index contributed by atoms with van der Waals surface area (Å²) in [5.41, 5.74) is 2.61. The maximum Gasteiger partial charge on any atom is 0.238 e. The second-order valence-electron chi connectivity index (χ2n) is 5.17. The summed E-state index contributed by atoms with van der Waals surface area (Å²) in [6.45, 7) is 5.97. The molecule has 0 aliphatic carbocycles. The summed E-state index contributed by atoms with van der Waals surface area (Å²) in [7, 11) is -1.69. The van der Waals surface area contributed by atoms with E-state index in [1.54, 1.807) is 6.07 Å². The Hall–Kier alpha value is -2.18. The van der Waals surface area contributed by atoms with Crippen molar-refractivity contribution >= 4 is 19.7 Å². The lowest BCUT2D eigenvalue weighted by atomic mass is 10.2. The lowest BCUT2D eigenvalue weighted by molar-refractivity contribution is -0.115. The van der Waals surface area contributed by atoms with Crippen molar-refractivity contribution in [1.29, 1.82) is 5.26 Å². The molecule has 1 rings (SSSR count). The molecule has 0 aliphatic heterocycles. The number of carbonyl (C=O) groups excluding carboxylic acids is 1. The molecule has 3 nitrogen and oxygen atoms in total. The normalized spacial score (nSPS) is 10.2. The highest BCUT2D eigenvalue weighted by Crippen LogP contribution is 2.20. The summed E-state index contributed by atoms with van der Waals surface area (Å²) in [6.07, 6.45) is -0.418. The molecule has 0 unspecified atom stereocenters. The van der Waals surface area contributed by atoms with Crippen molar-refractivity contribution in [2.75, 3.05) is 5.32 Å². The summed E-state index contributed by atoms with van der Waals surface area (Å²) < 4.78 is 27.5. The van der Waals surface area contributed by atoms with Crippen LogP contribution in [0.1, 0.15) is 12.0 Å². The largest absolute Gasteiger partial charge is 0.323 e. The Morgan fingerprint density at radius 2 is 1.95 bits per heavy atom. The zero-order valence-electron chi connectivity index (χ0n) is 11.5. The van der Waals surface area contributed by atoms with Gasteiger partial charge in [0.2, 0.25) is 5.91 Å². The van der Waals surface area contributed by atoms with Crippen molar-refractivity contribution in [3.63, 3.8) is 0 Å². The van der Waals surface area contributed by atoms with Gasteiger partial charge in [-0.1, -0.05) is 25.6 Å². The molecule has 0 aliphatic rings. The number of rotatable bonds is 2. The molecule has 0 radical (unpaired) electrons. The average Bonchev–Trinajstić information content (AvgIpc) is 2.33. The Morgan fingerprint density at radius 3 is 2.50 bits per heavy atom. The van der Waals surface area contributed by atoms with E-state index in [2.05, 4.69) is 16.8 Å². The van der Waals surface area contributed by atoms with Crippen molar-refractivity contribution in [1.82, 2.24) is 0 Å². The number of benzene rings is 1. The molecule has 0 spiro atoms. The van der Waals surface area contributed by atoms with E-state index in [-0.39, 0.29) is 11.3 Å². The highest BCUT2D eigenvalue weighted by molar-refractivity contribution is 6.83. The summed E-state index contributed by atoms with van der Waals surface area (Å²) in [5, 5.41) is 10.5. The first-order valence-corrected chi connectivity index (χ1v) is 9.42. The van der Waals surface area contributed by atoms with E-state index in [0.29, 0.717) is 0 Å². The molecule has 20 heavy (non-hydrogen) atoms. The van der Waals surface area contributed by atoms with Crippen molar-refractivity contribution in [2.24, 2.45) is 0 Å². The first-order chi connectivity index (χ1) is 9.24. The number of halogens is 2. The molecule has 104 valence electrons. The predicted molar refractivity (Wildman–Crippen MR) is 75.4 cm³/mol. The Labute approximate surface area is 117 Å². The van der Waals surface area contributed by atoms with Gasteiger partial charge in [0, 0.05) is 0 Å². The SMILES string of the molecule is C[Si](C)(C)C#Cc1ccc(NC(=O)CC#N)c(F)c1F. The van der Waals surface area contributed by atoms with E-state index in [1.165, 1.54) is 12.1 Å². The monoisotopic (exact) mass is 292 g/mol. The van der Waals surface area contributed by atoms with Gasteiger partial charge < -0.3 is 5.32 Å². The van der Waals surface area contributed by atoms with Crippen LogP contribution in [0, 0.1) is 34.4 Å². The van der Waals surface area contributed by atoms with Crippen LogP contribution in [0.5, 0.6) is 0 Å². The molecule has 0 heterocycles. The minimum atomic E-state index is -1.69. The summed E-state index contributed by atoms with van der Waals surface area (Å²) in [4.78, 5) is 11.2. The number of hydrogen-bond donors (Lipinski definition) is 1. The minimum absolute atomic E-state index is 0.0387. The summed E-state index contributed by atoms with van der Waals surface area (Å²) in [5.74, 6) is -0.317. The van der Waals surface area contributed by atoms with Gasteiger partial charge in [-0.2, -0.15) is 5.26 Å². The predicted octanol–water partition coefficient (Wildman–Crippen LogP) is 3.05. The number of anilines is 1. The van der Waals surface area contributed by atoms with Gasteiger partial charge in [-0.15, -0.1) is 5.54 Å². The third-order valence-corrected chi connectivity index (χ3v) is 3.04. The number of nitriles is 1. The van der Waals surface area contributed by atoms with Crippen LogP contribution in [0.4, 0.5) is 14.5 Å². The van der Waals surface area contributed by atoms with Gasteiger partial charge >= 0.3 is 0 Å². The van der Waals surface area contributed by atoms with Crippen molar-refractivity contribution in [2.45, 2.75) is 26.1 Å². The quantitative estimate of drug-likeness (QED) is 0.673. The fraction of sp³-hybridized carbons (Fsp3) is 0.286. The van der Waals surface area contributed by atoms with Crippen molar-refractivity contribution in [3.8, 4) is 17.5 Å². The molecule has 1 N–H and O–H groups in total. The average molecular weight is 292 g/mol. The smallest absolute Gasteiger partial charge is 0.238 e. The van der Waals surface area contributed by atoms with Crippen LogP contribution >= 0.6 is 0 Å². The first-order valence-electron chi connectivity index (χ1n) is 5.92. The second-order valence-corrected chi connectivity index (χ2v) is 9.92. The van der Waals surface area contributed by atoms with Crippen LogP contribution in [0.2, 0.25) is 19.6 Å². The van der Waals surface area contributed by atoms with Crippen molar-refractivity contribution in [3.05, 3.63) is 29.3 Å². The van der Waals surface area contributed by atoms with Gasteiger partial charge in [0.15, 0.2) is 11.6 Å². The standard InChI is InChI=1S/C14H14F2N2OSi/c1-20(2,3)9-7-10-4-5-11(14(16)13(10)15)18-12(19)6-8-17/h4-5H,6H2,1-3H3,(H,18,19). The van der Waals surface area contributed by atoms with E-state index in [1.807, 2.05) is 19.6 Å². The molecule has 0 saturated carbocycles. The topological polar surface area (TPSA) is 52.9 Å². The van der Waals surface area contributed by atoms with Crippen molar-refractivity contribution < 1.29 is 13.6 Å². The van der Waals surface area contributed by atoms with Crippen LogP contribution in [0.25, 0.3) is 0 Å².